The summed E-state index contributed by atoms with van der Waals surface area (Å²) in [6, 6.07) is 12.1. The normalized spacial score (nSPS) is 11.9. The van der Waals surface area contributed by atoms with E-state index in [2.05, 4.69) is 6.92 Å². The Morgan fingerprint density at radius 2 is 1.81 bits per heavy atom. The molecule has 0 saturated carbocycles. The van der Waals surface area contributed by atoms with Crippen LogP contribution in [0.2, 0.25) is 5.02 Å². The molecule has 1 heterocycles. The lowest BCUT2D eigenvalue weighted by Gasteiger charge is -2.31. The highest BCUT2D eigenvalue weighted by atomic mass is 35.5. The van der Waals surface area contributed by atoms with Gasteiger partial charge in [-0.1, -0.05) is 56.0 Å². The van der Waals surface area contributed by atoms with Crippen molar-refractivity contribution < 1.29 is 14.3 Å². The van der Waals surface area contributed by atoms with E-state index in [0.717, 1.165) is 31.2 Å². The van der Waals surface area contributed by atoms with E-state index in [-0.39, 0.29) is 30.9 Å². The van der Waals surface area contributed by atoms with Gasteiger partial charge < -0.3 is 9.64 Å². The summed E-state index contributed by atoms with van der Waals surface area (Å²) in [6.07, 6.45) is 3.99. The first-order valence-corrected chi connectivity index (χ1v) is 13.4. The number of halogens is 1. The van der Waals surface area contributed by atoms with Crippen molar-refractivity contribution >= 4 is 34.4 Å². The minimum Gasteiger partial charge on any atom is -0.466 e. The molecule has 198 valence electrons. The van der Waals surface area contributed by atoms with Crippen LogP contribution in [0.1, 0.15) is 76.7 Å². The van der Waals surface area contributed by atoms with Crippen LogP contribution in [0.25, 0.3) is 16.6 Å². The summed E-state index contributed by atoms with van der Waals surface area (Å²) < 4.78 is 6.59. The molecule has 0 N–H and O–H groups in total. The van der Waals surface area contributed by atoms with Crippen LogP contribution in [-0.2, 0) is 14.3 Å². The monoisotopic (exact) mass is 525 g/mol. The van der Waals surface area contributed by atoms with Crippen molar-refractivity contribution in [3.05, 3.63) is 69.2 Å². The summed E-state index contributed by atoms with van der Waals surface area (Å²) in [7, 11) is 0. The van der Waals surface area contributed by atoms with Gasteiger partial charge in [-0.25, -0.2) is 4.98 Å². The topological polar surface area (TPSA) is 81.5 Å². The van der Waals surface area contributed by atoms with Crippen LogP contribution in [0, 0.1) is 6.92 Å². The summed E-state index contributed by atoms with van der Waals surface area (Å²) in [5, 5.41) is 1.03. The fourth-order valence-corrected chi connectivity index (χ4v) is 4.64. The average molecular weight is 526 g/mol. The van der Waals surface area contributed by atoms with Crippen molar-refractivity contribution in [3.8, 4) is 5.69 Å². The molecule has 0 spiro atoms. The lowest BCUT2D eigenvalue weighted by molar-refractivity contribution is -0.146. The fraction of sp³-hybridized carbons (Fsp3) is 0.448. The van der Waals surface area contributed by atoms with Crippen molar-refractivity contribution in [2.75, 3.05) is 13.2 Å². The molecule has 1 amide bonds. The second-order valence-electron chi connectivity index (χ2n) is 9.14. The Morgan fingerprint density at radius 1 is 1.05 bits per heavy atom. The number of nitrogens with zero attached hydrogens (tertiary/aromatic N) is 3. The van der Waals surface area contributed by atoms with Crippen LogP contribution in [0.15, 0.2) is 47.3 Å². The van der Waals surface area contributed by atoms with Gasteiger partial charge in [-0.3, -0.25) is 19.0 Å². The van der Waals surface area contributed by atoms with E-state index >= 15 is 0 Å². The number of amides is 1. The Labute approximate surface area is 223 Å². The molecule has 1 unspecified atom stereocenters. The lowest BCUT2D eigenvalue weighted by Crippen LogP contribution is -2.38. The third kappa shape index (κ3) is 6.77. The maximum absolute atomic E-state index is 13.8. The van der Waals surface area contributed by atoms with E-state index in [4.69, 9.17) is 21.3 Å². The molecule has 1 aromatic heterocycles. The number of hydrogen-bond acceptors (Lipinski definition) is 5. The molecule has 0 aliphatic carbocycles. The Bertz CT molecular complexity index is 1300. The van der Waals surface area contributed by atoms with Gasteiger partial charge in [0.25, 0.3) is 5.56 Å². The number of aromatic nitrogens is 2. The van der Waals surface area contributed by atoms with E-state index in [1.807, 2.05) is 32.0 Å². The number of benzene rings is 2. The molecule has 3 rings (SSSR count). The van der Waals surface area contributed by atoms with Gasteiger partial charge >= 0.3 is 5.97 Å². The van der Waals surface area contributed by atoms with Crippen molar-refractivity contribution in [1.29, 1.82) is 0 Å². The molecule has 1 atom stereocenters. The fourth-order valence-electron chi connectivity index (χ4n) is 4.47. The minimum atomic E-state index is -0.521. The number of unbranched alkanes of at least 4 members (excludes halogenated alkanes) is 3. The van der Waals surface area contributed by atoms with E-state index < -0.39 is 12.0 Å². The summed E-state index contributed by atoms with van der Waals surface area (Å²) in [5.41, 5.74) is 1.72. The zero-order valence-corrected chi connectivity index (χ0v) is 22.9. The van der Waals surface area contributed by atoms with E-state index in [0.29, 0.717) is 34.0 Å². The van der Waals surface area contributed by atoms with Crippen LogP contribution in [0.5, 0.6) is 0 Å². The number of ether oxygens (including phenoxy) is 1. The van der Waals surface area contributed by atoms with E-state index in [1.165, 1.54) is 0 Å². The van der Waals surface area contributed by atoms with Gasteiger partial charge in [0, 0.05) is 18.0 Å². The number of hydrogen-bond donors (Lipinski definition) is 0. The quantitative estimate of drug-likeness (QED) is 0.209. The van der Waals surface area contributed by atoms with Crippen LogP contribution in [0.4, 0.5) is 0 Å². The average Bonchev–Trinajstić information content (AvgIpc) is 2.89. The second-order valence-corrected chi connectivity index (χ2v) is 9.55. The zero-order valence-electron chi connectivity index (χ0n) is 22.1. The predicted molar refractivity (Wildman–Crippen MR) is 147 cm³/mol. The van der Waals surface area contributed by atoms with Gasteiger partial charge in [0.15, 0.2) is 0 Å². The van der Waals surface area contributed by atoms with Crippen molar-refractivity contribution in [2.24, 2.45) is 0 Å². The first-order chi connectivity index (χ1) is 17.8. The Balaban J connectivity index is 2.11. The summed E-state index contributed by atoms with van der Waals surface area (Å²) in [5.74, 6) is -0.118. The maximum Gasteiger partial charge on any atom is 0.306 e. The molecule has 37 heavy (non-hydrogen) atoms. The minimum absolute atomic E-state index is 0.0101. The van der Waals surface area contributed by atoms with Crippen molar-refractivity contribution in [1.82, 2.24) is 14.5 Å². The predicted octanol–water partition coefficient (Wildman–Crippen LogP) is 6.16. The summed E-state index contributed by atoms with van der Waals surface area (Å²) >= 11 is 6.43. The molecule has 0 aliphatic heterocycles. The van der Waals surface area contributed by atoms with Gasteiger partial charge in [0.1, 0.15) is 5.82 Å². The number of fused-ring (bicyclic) bond motifs is 1. The van der Waals surface area contributed by atoms with Gasteiger partial charge in [-0.2, -0.15) is 0 Å². The largest absolute Gasteiger partial charge is 0.466 e. The van der Waals surface area contributed by atoms with Crippen LogP contribution < -0.4 is 5.56 Å². The number of rotatable bonds is 12. The number of carbonyl (C=O) groups excluding carboxylic acids is 2. The summed E-state index contributed by atoms with van der Waals surface area (Å²) in [6.45, 7) is 8.40. The smallest absolute Gasteiger partial charge is 0.306 e. The molecule has 0 saturated heterocycles. The highest BCUT2D eigenvalue weighted by Gasteiger charge is 2.27. The molecule has 0 aliphatic rings. The molecule has 0 radical (unpaired) electrons. The van der Waals surface area contributed by atoms with Gasteiger partial charge in [-0.05, 0) is 57.0 Å². The first-order valence-electron chi connectivity index (χ1n) is 13.0. The van der Waals surface area contributed by atoms with Crippen LogP contribution in [0.3, 0.4) is 0 Å². The number of carbonyl (C=O) groups is 2. The highest BCUT2D eigenvalue weighted by molar-refractivity contribution is 6.31. The number of para-hydroxylation sites is 1. The van der Waals surface area contributed by atoms with Crippen molar-refractivity contribution in [3.63, 3.8) is 0 Å². The molecule has 3 aromatic rings. The number of esters is 1. The molecule has 0 bridgehead atoms. The van der Waals surface area contributed by atoms with Crippen LogP contribution >= 0.6 is 11.6 Å². The molecule has 8 heteroatoms. The van der Waals surface area contributed by atoms with E-state index in [1.54, 1.807) is 40.7 Å². The Hall–Kier alpha value is -3.19. The van der Waals surface area contributed by atoms with Crippen LogP contribution in [-0.4, -0.2) is 39.5 Å². The third-order valence-electron chi connectivity index (χ3n) is 6.54. The zero-order chi connectivity index (χ0) is 26.9. The van der Waals surface area contributed by atoms with Crippen molar-refractivity contribution in [2.45, 2.75) is 72.3 Å². The van der Waals surface area contributed by atoms with E-state index in [9.17, 15) is 14.4 Å². The second kappa shape index (κ2) is 13.4. The molecule has 7 nitrogen and oxygen atoms in total. The molecule has 2 aromatic carbocycles. The van der Waals surface area contributed by atoms with Gasteiger partial charge in [0.05, 0.1) is 35.7 Å². The SMILES string of the molecule is CCCCCCN(C(=O)CCC(=O)OCC)C(C)c1nc2ccccc2c(=O)n1-c1cccc(Cl)c1C. The highest BCUT2D eigenvalue weighted by Crippen LogP contribution is 2.28. The van der Waals surface area contributed by atoms with Gasteiger partial charge in [-0.15, -0.1) is 0 Å². The summed E-state index contributed by atoms with van der Waals surface area (Å²) in [4.78, 5) is 45.8. The lowest BCUT2D eigenvalue weighted by atomic mass is 10.1. The first kappa shape index (κ1) is 28.4. The molecular formula is C29H36ClN3O4. The molecule has 0 fully saturated rings. The molecular weight excluding hydrogens is 490 g/mol. The maximum atomic E-state index is 13.8. The van der Waals surface area contributed by atoms with Gasteiger partial charge in [0.2, 0.25) is 5.91 Å². The standard InChI is InChI=1S/C29H36ClN3O4/c1-5-7-8-11-19-32(26(34)17-18-27(35)37-6-2)21(4)28-31-24-15-10-9-13-22(24)29(36)33(28)25-16-12-14-23(30)20(25)3/h9-10,12-16,21H,5-8,11,17-19H2,1-4H3. The Morgan fingerprint density at radius 3 is 2.54 bits per heavy atom. The Kier molecular flexibility index (Phi) is 10.3. The third-order valence-corrected chi connectivity index (χ3v) is 6.95.